The van der Waals surface area contributed by atoms with Crippen LogP contribution in [0.3, 0.4) is 0 Å². The molecule has 5 heteroatoms. The Bertz CT molecular complexity index is 359. The number of anilines is 1. The number of nitrogens with one attached hydrogen (secondary N) is 2. The van der Waals surface area contributed by atoms with Gasteiger partial charge in [-0.15, -0.1) is 0 Å². The summed E-state index contributed by atoms with van der Waals surface area (Å²) in [5.41, 5.74) is 1.14. The van der Waals surface area contributed by atoms with Gasteiger partial charge in [0.25, 0.3) is 0 Å². The van der Waals surface area contributed by atoms with E-state index in [1.54, 1.807) is 19.2 Å². The third kappa shape index (κ3) is 4.26. The number of rotatable bonds is 6. The Hall–Kier alpha value is -1.64. The molecule has 0 saturated heterocycles. The van der Waals surface area contributed by atoms with Crippen LogP contribution in [0.25, 0.3) is 0 Å². The van der Waals surface area contributed by atoms with Crippen molar-refractivity contribution >= 4 is 5.69 Å². The van der Waals surface area contributed by atoms with Crippen LogP contribution in [-0.4, -0.2) is 35.8 Å². The molecule has 16 heavy (non-hydrogen) atoms. The molecule has 0 aliphatic rings. The molecule has 0 aromatic carbocycles. The predicted molar refractivity (Wildman–Crippen MR) is 62.0 cm³/mol. The normalized spacial score (nSPS) is 11.8. The van der Waals surface area contributed by atoms with Crippen LogP contribution >= 0.6 is 0 Å². The largest absolute Gasteiger partial charge is 0.392 e. The Labute approximate surface area is 95.1 Å². The molecule has 1 aromatic heterocycles. The van der Waals surface area contributed by atoms with E-state index in [1.807, 2.05) is 12.1 Å². The highest BCUT2D eigenvalue weighted by atomic mass is 16.3. The highest BCUT2D eigenvalue weighted by Crippen LogP contribution is 2.09. The van der Waals surface area contributed by atoms with Gasteiger partial charge in [0.2, 0.25) is 0 Å². The van der Waals surface area contributed by atoms with Gasteiger partial charge in [0.05, 0.1) is 11.8 Å². The maximum absolute atomic E-state index is 9.01. The van der Waals surface area contributed by atoms with Crippen molar-refractivity contribution in [3.05, 3.63) is 24.0 Å². The molecule has 0 fully saturated rings. The SMILES string of the molecule is CC(O)CNCCNc1cccnc1C#N. The van der Waals surface area contributed by atoms with Crippen molar-refractivity contribution in [2.24, 2.45) is 0 Å². The molecule has 1 unspecified atom stereocenters. The smallest absolute Gasteiger partial charge is 0.163 e. The van der Waals surface area contributed by atoms with E-state index >= 15 is 0 Å². The van der Waals surface area contributed by atoms with Crippen LogP contribution in [-0.2, 0) is 0 Å². The number of pyridine rings is 1. The lowest BCUT2D eigenvalue weighted by molar-refractivity contribution is 0.192. The summed E-state index contributed by atoms with van der Waals surface area (Å²) in [5, 5.41) is 24.0. The number of hydrogen-bond donors (Lipinski definition) is 3. The minimum Gasteiger partial charge on any atom is -0.392 e. The molecule has 0 radical (unpaired) electrons. The first-order chi connectivity index (χ1) is 7.74. The van der Waals surface area contributed by atoms with Gasteiger partial charge in [0.15, 0.2) is 5.69 Å². The van der Waals surface area contributed by atoms with Crippen molar-refractivity contribution < 1.29 is 5.11 Å². The van der Waals surface area contributed by atoms with E-state index in [-0.39, 0.29) is 6.10 Å². The number of aliphatic hydroxyl groups excluding tert-OH is 1. The van der Waals surface area contributed by atoms with Gasteiger partial charge >= 0.3 is 0 Å². The second-order valence-electron chi connectivity index (χ2n) is 3.49. The van der Waals surface area contributed by atoms with Gasteiger partial charge in [0.1, 0.15) is 6.07 Å². The van der Waals surface area contributed by atoms with E-state index in [0.29, 0.717) is 18.8 Å². The molecule has 1 aromatic rings. The average molecular weight is 220 g/mol. The van der Waals surface area contributed by atoms with Crippen LogP contribution in [0.4, 0.5) is 5.69 Å². The lowest BCUT2D eigenvalue weighted by Gasteiger charge is -2.09. The molecule has 86 valence electrons. The van der Waals surface area contributed by atoms with Crippen molar-refractivity contribution in [3.8, 4) is 6.07 Å². The van der Waals surface area contributed by atoms with Crippen molar-refractivity contribution in [2.45, 2.75) is 13.0 Å². The van der Waals surface area contributed by atoms with Crippen LogP contribution in [0, 0.1) is 11.3 Å². The molecule has 0 amide bonds. The van der Waals surface area contributed by atoms with Crippen LogP contribution < -0.4 is 10.6 Å². The van der Waals surface area contributed by atoms with Gasteiger partial charge in [-0.05, 0) is 19.1 Å². The summed E-state index contributed by atoms with van der Waals surface area (Å²) in [6.07, 6.45) is 1.25. The molecular weight excluding hydrogens is 204 g/mol. The van der Waals surface area contributed by atoms with Crippen molar-refractivity contribution in [1.82, 2.24) is 10.3 Å². The molecule has 1 rings (SSSR count). The quantitative estimate of drug-likeness (QED) is 0.602. The van der Waals surface area contributed by atoms with Gasteiger partial charge in [-0.2, -0.15) is 5.26 Å². The highest BCUT2D eigenvalue weighted by Gasteiger charge is 2.00. The fourth-order valence-corrected chi connectivity index (χ4v) is 1.23. The van der Waals surface area contributed by atoms with E-state index in [0.717, 1.165) is 12.2 Å². The molecule has 0 aliphatic carbocycles. The summed E-state index contributed by atoms with van der Waals surface area (Å²) in [6, 6.07) is 5.62. The Morgan fingerprint density at radius 1 is 1.56 bits per heavy atom. The third-order valence-electron chi connectivity index (χ3n) is 1.97. The molecule has 3 N–H and O–H groups in total. The van der Waals surface area contributed by atoms with Gasteiger partial charge in [0, 0.05) is 25.8 Å². The Morgan fingerprint density at radius 2 is 2.38 bits per heavy atom. The van der Waals surface area contributed by atoms with Gasteiger partial charge in [-0.1, -0.05) is 0 Å². The maximum Gasteiger partial charge on any atom is 0.163 e. The predicted octanol–water partition coefficient (Wildman–Crippen LogP) is 0.336. The monoisotopic (exact) mass is 220 g/mol. The minimum atomic E-state index is -0.340. The summed E-state index contributed by atoms with van der Waals surface area (Å²) in [5.74, 6) is 0. The number of nitrogens with zero attached hydrogens (tertiary/aromatic N) is 2. The number of aromatic nitrogens is 1. The maximum atomic E-state index is 9.01. The first kappa shape index (κ1) is 12.4. The fourth-order valence-electron chi connectivity index (χ4n) is 1.23. The van der Waals surface area contributed by atoms with E-state index in [9.17, 15) is 0 Å². The second kappa shape index (κ2) is 6.77. The Balaban J connectivity index is 2.30. The average Bonchev–Trinajstić information content (AvgIpc) is 2.29. The first-order valence-corrected chi connectivity index (χ1v) is 5.22. The summed E-state index contributed by atoms with van der Waals surface area (Å²) in [7, 11) is 0. The van der Waals surface area contributed by atoms with E-state index in [1.165, 1.54) is 0 Å². The lowest BCUT2D eigenvalue weighted by atomic mass is 10.3. The van der Waals surface area contributed by atoms with Crippen molar-refractivity contribution in [3.63, 3.8) is 0 Å². The van der Waals surface area contributed by atoms with Crippen LogP contribution in [0.5, 0.6) is 0 Å². The summed E-state index contributed by atoms with van der Waals surface area (Å²) in [4.78, 5) is 3.94. The summed E-state index contributed by atoms with van der Waals surface area (Å²) in [6.45, 7) is 3.72. The Morgan fingerprint density at radius 3 is 3.06 bits per heavy atom. The van der Waals surface area contributed by atoms with Gasteiger partial charge in [-0.3, -0.25) is 0 Å². The van der Waals surface area contributed by atoms with Crippen molar-refractivity contribution in [1.29, 1.82) is 5.26 Å². The fraction of sp³-hybridized carbons (Fsp3) is 0.455. The molecule has 0 saturated carbocycles. The van der Waals surface area contributed by atoms with E-state index in [2.05, 4.69) is 15.6 Å². The third-order valence-corrected chi connectivity index (χ3v) is 1.97. The summed E-state index contributed by atoms with van der Waals surface area (Å²) < 4.78 is 0. The van der Waals surface area contributed by atoms with Gasteiger partial charge in [-0.25, -0.2) is 4.98 Å². The zero-order chi connectivity index (χ0) is 11.8. The summed E-state index contributed by atoms with van der Waals surface area (Å²) >= 11 is 0. The van der Waals surface area contributed by atoms with E-state index < -0.39 is 0 Å². The number of nitriles is 1. The number of aliphatic hydroxyl groups is 1. The van der Waals surface area contributed by atoms with E-state index in [4.69, 9.17) is 10.4 Å². The van der Waals surface area contributed by atoms with Crippen LogP contribution in [0.15, 0.2) is 18.3 Å². The zero-order valence-corrected chi connectivity index (χ0v) is 9.27. The lowest BCUT2D eigenvalue weighted by Crippen LogP contribution is -2.29. The van der Waals surface area contributed by atoms with Crippen LogP contribution in [0.2, 0.25) is 0 Å². The molecule has 0 aliphatic heterocycles. The Kier molecular flexibility index (Phi) is 5.26. The molecule has 1 heterocycles. The van der Waals surface area contributed by atoms with Crippen LogP contribution in [0.1, 0.15) is 12.6 Å². The second-order valence-corrected chi connectivity index (χ2v) is 3.49. The minimum absolute atomic E-state index is 0.340. The van der Waals surface area contributed by atoms with Gasteiger partial charge < -0.3 is 15.7 Å². The standard InChI is InChI=1S/C11H16N4O/c1-9(16)8-13-5-6-15-10-3-2-4-14-11(10)7-12/h2-4,9,13,15-16H,5-6,8H2,1H3. The first-order valence-electron chi connectivity index (χ1n) is 5.22. The highest BCUT2D eigenvalue weighted by molar-refractivity contribution is 5.53. The number of hydrogen-bond acceptors (Lipinski definition) is 5. The molecule has 0 spiro atoms. The molecule has 5 nitrogen and oxygen atoms in total. The molecular formula is C11H16N4O. The molecule has 1 atom stereocenters. The topological polar surface area (TPSA) is 81.0 Å². The zero-order valence-electron chi connectivity index (χ0n) is 9.27. The molecule has 0 bridgehead atoms. The van der Waals surface area contributed by atoms with Crippen molar-refractivity contribution in [2.75, 3.05) is 25.0 Å².